The zero-order valence-electron chi connectivity index (χ0n) is 14.7. The zero-order valence-corrected chi connectivity index (χ0v) is 14.7. The van der Waals surface area contributed by atoms with Gasteiger partial charge in [0.05, 0.1) is 18.2 Å². The van der Waals surface area contributed by atoms with E-state index in [4.69, 9.17) is 5.26 Å². The molecule has 5 heteroatoms. The number of hydrogen-bond donors (Lipinski definition) is 1. The van der Waals surface area contributed by atoms with Gasteiger partial charge in [-0.05, 0) is 29.7 Å². The maximum absolute atomic E-state index is 13.3. The number of unbranched alkanes of at least 4 members (excludes halogenated alkanes) is 1. The van der Waals surface area contributed by atoms with Gasteiger partial charge in [-0.15, -0.1) is 0 Å². The minimum Gasteiger partial charge on any atom is -0.319 e. The van der Waals surface area contributed by atoms with Crippen molar-refractivity contribution in [3.63, 3.8) is 0 Å². The molecule has 1 saturated heterocycles. The van der Waals surface area contributed by atoms with Gasteiger partial charge in [0.15, 0.2) is 0 Å². The molecule has 2 aromatic rings. The number of imide groups is 1. The largest absolute Gasteiger partial charge is 0.325 e. The summed E-state index contributed by atoms with van der Waals surface area (Å²) in [4.78, 5) is 27.1. The first-order valence-electron chi connectivity index (χ1n) is 8.79. The van der Waals surface area contributed by atoms with Crippen LogP contribution >= 0.6 is 0 Å². The van der Waals surface area contributed by atoms with Crippen molar-refractivity contribution in [2.45, 2.75) is 38.3 Å². The number of rotatable bonds is 6. The predicted molar refractivity (Wildman–Crippen MR) is 97.9 cm³/mol. The molecule has 1 aliphatic rings. The minimum atomic E-state index is -0.999. The molecule has 3 rings (SSSR count). The number of carbonyl (C=O) groups is 2. The van der Waals surface area contributed by atoms with Crippen LogP contribution in [-0.2, 0) is 16.9 Å². The highest BCUT2D eigenvalue weighted by molar-refractivity contribution is 6.07. The van der Waals surface area contributed by atoms with Crippen LogP contribution in [0.4, 0.5) is 4.79 Å². The van der Waals surface area contributed by atoms with Crippen LogP contribution in [0.5, 0.6) is 0 Å². The second-order valence-electron chi connectivity index (χ2n) is 6.51. The molecular formula is C21H21N3O2. The van der Waals surface area contributed by atoms with Crippen molar-refractivity contribution in [3.8, 4) is 6.07 Å². The first kappa shape index (κ1) is 17.7. The summed E-state index contributed by atoms with van der Waals surface area (Å²) < 4.78 is 0. The predicted octanol–water partition coefficient (Wildman–Crippen LogP) is 3.70. The van der Waals surface area contributed by atoms with Crippen molar-refractivity contribution in [3.05, 3.63) is 71.3 Å². The number of carbonyl (C=O) groups excluding carboxylic acids is 2. The van der Waals surface area contributed by atoms with E-state index in [1.54, 1.807) is 24.3 Å². The molecule has 132 valence electrons. The van der Waals surface area contributed by atoms with Gasteiger partial charge in [0.2, 0.25) is 0 Å². The molecule has 1 fully saturated rings. The van der Waals surface area contributed by atoms with Crippen LogP contribution in [0.15, 0.2) is 54.6 Å². The Hall–Kier alpha value is -3.13. The lowest BCUT2D eigenvalue weighted by molar-refractivity contribution is -0.132. The smallest absolute Gasteiger partial charge is 0.319 e. The normalized spacial score (nSPS) is 19.3. The third kappa shape index (κ3) is 3.18. The molecule has 0 saturated carbocycles. The number of nitrogens with one attached hydrogen (secondary N) is 1. The topological polar surface area (TPSA) is 73.2 Å². The van der Waals surface area contributed by atoms with Crippen LogP contribution in [0.25, 0.3) is 0 Å². The molecule has 26 heavy (non-hydrogen) atoms. The van der Waals surface area contributed by atoms with Crippen LogP contribution in [0, 0.1) is 11.3 Å². The van der Waals surface area contributed by atoms with Crippen LogP contribution in [0.3, 0.4) is 0 Å². The lowest BCUT2D eigenvalue weighted by Gasteiger charge is -2.27. The maximum atomic E-state index is 13.3. The van der Waals surface area contributed by atoms with E-state index in [9.17, 15) is 9.59 Å². The fourth-order valence-corrected chi connectivity index (χ4v) is 3.31. The van der Waals surface area contributed by atoms with Gasteiger partial charge in [0, 0.05) is 0 Å². The summed E-state index contributed by atoms with van der Waals surface area (Å²) in [5, 5.41) is 11.8. The second-order valence-corrected chi connectivity index (χ2v) is 6.51. The average Bonchev–Trinajstić information content (AvgIpc) is 2.93. The van der Waals surface area contributed by atoms with Crippen LogP contribution in [-0.4, -0.2) is 16.8 Å². The summed E-state index contributed by atoms with van der Waals surface area (Å²) in [6, 6.07) is 18.0. The number of hydrogen-bond acceptors (Lipinski definition) is 3. The van der Waals surface area contributed by atoms with Crippen molar-refractivity contribution < 1.29 is 9.59 Å². The van der Waals surface area contributed by atoms with Gasteiger partial charge in [0.25, 0.3) is 5.91 Å². The van der Waals surface area contributed by atoms with E-state index in [-0.39, 0.29) is 18.5 Å². The highest BCUT2D eigenvalue weighted by Gasteiger charge is 2.51. The molecule has 1 aliphatic heterocycles. The first-order chi connectivity index (χ1) is 12.6. The second kappa shape index (κ2) is 7.40. The van der Waals surface area contributed by atoms with E-state index >= 15 is 0 Å². The molecule has 2 aromatic carbocycles. The lowest BCUT2D eigenvalue weighted by atomic mass is 9.85. The van der Waals surface area contributed by atoms with E-state index < -0.39 is 5.54 Å². The van der Waals surface area contributed by atoms with Gasteiger partial charge in [-0.3, -0.25) is 9.69 Å². The van der Waals surface area contributed by atoms with Crippen LogP contribution in [0.1, 0.15) is 42.9 Å². The fourth-order valence-electron chi connectivity index (χ4n) is 3.31. The van der Waals surface area contributed by atoms with E-state index in [1.165, 1.54) is 4.90 Å². The molecule has 0 aliphatic carbocycles. The molecule has 0 aromatic heterocycles. The summed E-state index contributed by atoms with van der Waals surface area (Å²) in [6.45, 7) is 2.26. The van der Waals surface area contributed by atoms with Gasteiger partial charge >= 0.3 is 6.03 Å². The Bertz CT molecular complexity index is 840. The van der Waals surface area contributed by atoms with Gasteiger partial charge in [-0.25, -0.2) is 4.79 Å². The Morgan fingerprint density at radius 1 is 1.08 bits per heavy atom. The average molecular weight is 347 g/mol. The summed E-state index contributed by atoms with van der Waals surface area (Å²) in [7, 11) is 0. The Labute approximate surface area is 153 Å². The van der Waals surface area contributed by atoms with Gasteiger partial charge in [-0.1, -0.05) is 62.2 Å². The molecule has 1 atom stereocenters. The molecule has 5 nitrogen and oxygen atoms in total. The van der Waals surface area contributed by atoms with Crippen LogP contribution in [0.2, 0.25) is 0 Å². The van der Waals surface area contributed by atoms with Crippen LogP contribution < -0.4 is 5.32 Å². The van der Waals surface area contributed by atoms with Gasteiger partial charge in [0.1, 0.15) is 5.54 Å². The maximum Gasteiger partial charge on any atom is 0.325 e. The number of benzene rings is 2. The summed E-state index contributed by atoms with van der Waals surface area (Å²) in [5.41, 5.74) is 1.18. The van der Waals surface area contributed by atoms with Crippen molar-refractivity contribution in [1.29, 1.82) is 5.26 Å². The summed E-state index contributed by atoms with van der Waals surface area (Å²) in [5.74, 6) is -0.216. The van der Waals surface area contributed by atoms with E-state index in [0.717, 1.165) is 24.0 Å². The molecule has 1 N–H and O–H groups in total. The monoisotopic (exact) mass is 347 g/mol. The molecular weight excluding hydrogens is 326 g/mol. The first-order valence-corrected chi connectivity index (χ1v) is 8.79. The number of amides is 3. The Balaban J connectivity index is 1.90. The summed E-state index contributed by atoms with van der Waals surface area (Å²) >= 11 is 0. The van der Waals surface area contributed by atoms with Crippen molar-refractivity contribution in [2.24, 2.45) is 0 Å². The third-order valence-corrected chi connectivity index (χ3v) is 4.77. The van der Waals surface area contributed by atoms with Crippen molar-refractivity contribution >= 4 is 11.9 Å². The molecule has 1 unspecified atom stereocenters. The number of nitrogens with zero attached hydrogens (tertiary/aromatic N) is 2. The minimum absolute atomic E-state index is 0.192. The van der Waals surface area contributed by atoms with Gasteiger partial charge < -0.3 is 5.32 Å². The fraction of sp³-hybridized carbons (Fsp3) is 0.286. The molecule has 1 heterocycles. The number of nitriles is 1. The Morgan fingerprint density at radius 3 is 2.38 bits per heavy atom. The highest BCUT2D eigenvalue weighted by atomic mass is 16.2. The third-order valence-electron chi connectivity index (χ3n) is 4.77. The quantitative estimate of drug-likeness (QED) is 0.810. The Morgan fingerprint density at radius 2 is 1.77 bits per heavy atom. The molecule has 0 bridgehead atoms. The van der Waals surface area contributed by atoms with E-state index in [0.29, 0.717) is 12.0 Å². The molecule has 3 amide bonds. The summed E-state index contributed by atoms with van der Waals surface area (Å²) in [6.07, 6.45) is 2.35. The number of urea groups is 1. The standard InChI is InChI=1S/C21H21N3O2/c1-2-3-13-21(18-7-5-4-6-8-18)19(25)24(20(26)23-21)15-17-11-9-16(14-22)10-12-17/h4-12H,2-3,13,15H2,1H3,(H,23,26). The van der Waals surface area contributed by atoms with Gasteiger partial charge in [-0.2, -0.15) is 5.26 Å². The zero-order chi connectivity index (χ0) is 18.6. The lowest BCUT2D eigenvalue weighted by Crippen LogP contribution is -2.44. The highest BCUT2D eigenvalue weighted by Crippen LogP contribution is 2.34. The van der Waals surface area contributed by atoms with Crippen molar-refractivity contribution in [2.75, 3.05) is 0 Å². The van der Waals surface area contributed by atoms with Crippen molar-refractivity contribution in [1.82, 2.24) is 10.2 Å². The molecule has 0 spiro atoms. The molecule has 0 radical (unpaired) electrons. The Kier molecular flexibility index (Phi) is 5.04. The van der Waals surface area contributed by atoms with E-state index in [2.05, 4.69) is 18.3 Å². The SMILES string of the molecule is CCCCC1(c2ccccc2)NC(=O)N(Cc2ccc(C#N)cc2)C1=O. The van der Waals surface area contributed by atoms with E-state index in [1.807, 2.05) is 30.3 Å².